The maximum absolute atomic E-state index is 12.5. The minimum absolute atomic E-state index is 0.321. The second-order valence-electron chi connectivity index (χ2n) is 6.66. The van der Waals surface area contributed by atoms with Gasteiger partial charge in [0.2, 0.25) is 0 Å². The van der Waals surface area contributed by atoms with Crippen molar-refractivity contribution in [3.8, 4) is 0 Å². The van der Waals surface area contributed by atoms with Crippen molar-refractivity contribution in [2.75, 3.05) is 0 Å². The van der Waals surface area contributed by atoms with Crippen LogP contribution in [-0.4, -0.2) is 5.78 Å². The highest BCUT2D eigenvalue weighted by Gasteiger charge is 2.66. The van der Waals surface area contributed by atoms with Crippen LogP contribution in [0.3, 0.4) is 0 Å². The van der Waals surface area contributed by atoms with Crippen LogP contribution < -0.4 is 0 Å². The summed E-state index contributed by atoms with van der Waals surface area (Å²) in [7, 11) is 0. The molecule has 4 aliphatic carbocycles. The van der Waals surface area contributed by atoms with Crippen molar-refractivity contribution in [3.63, 3.8) is 0 Å². The van der Waals surface area contributed by atoms with E-state index in [1.807, 2.05) is 0 Å². The molecule has 3 saturated carbocycles. The number of Topliss-reactive ketones (excluding diaryl/α,β-unsaturated/α-hetero) is 1. The Balaban J connectivity index is 1.89. The van der Waals surface area contributed by atoms with Gasteiger partial charge in [-0.25, -0.2) is 0 Å². The van der Waals surface area contributed by atoms with Gasteiger partial charge in [0.1, 0.15) is 5.78 Å². The van der Waals surface area contributed by atoms with Crippen molar-refractivity contribution in [2.45, 2.75) is 45.4 Å². The molecule has 1 nitrogen and oxygen atoms in total. The SMILES string of the molecule is CC1=C(Cl)CC2C3CCCC(C3=O)C1C21CC1. The molecular formula is C15H19ClO. The summed E-state index contributed by atoms with van der Waals surface area (Å²) in [5, 5.41) is 1.09. The molecule has 4 rings (SSSR count). The average Bonchev–Trinajstić information content (AvgIpc) is 3.07. The van der Waals surface area contributed by atoms with Crippen LogP contribution in [0.1, 0.15) is 45.4 Å². The average molecular weight is 251 g/mol. The quantitative estimate of drug-likeness (QED) is 0.637. The molecule has 1 spiro atoms. The highest BCUT2D eigenvalue weighted by molar-refractivity contribution is 6.30. The topological polar surface area (TPSA) is 17.1 Å². The third-order valence-corrected chi connectivity index (χ3v) is 6.58. The van der Waals surface area contributed by atoms with Gasteiger partial charge >= 0.3 is 0 Å². The van der Waals surface area contributed by atoms with E-state index in [1.54, 1.807) is 0 Å². The monoisotopic (exact) mass is 250 g/mol. The van der Waals surface area contributed by atoms with Gasteiger partial charge in [0.05, 0.1) is 0 Å². The van der Waals surface area contributed by atoms with Crippen molar-refractivity contribution in [3.05, 3.63) is 10.6 Å². The molecule has 0 saturated heterocycles. The molecule has 4 bridgehead atoms. The summed E-state index contributed by atoms with van der Waals surface area (Å²) in [6.07, 6.45) is 7.21. The maximum Gasteiger partial charge on any atom is 0.139 e. The lowest BCUT2D eigenvalue weighted by Crippen LogP contribution is -2.52. The summed E-state index contributed by atoms with van der Waals surface area (Å²) < 4.78 is 0. The Morgan fingerprint density at radius 3 is 2.65 bits per heavy atom. The minimum atomic E-state index is 0.321. The zero-order valence-corrected chi connectivity index (χ0v) is 11.1. The molecule has 0 radical (unpaired) electrons. The number of hydrogen-bond acceptors (Lipinski definition) is 1. The lowest BCUT2D eigenvalue weighted by molar-refractivity contribution is -0.143. The van der Waals surface area contributed by atoms with E-state index in [0.29, 0.717) is 34.9 Å². The zero-order chi connectivity index (χ0) is 11.8. The molecule has 0 amide bonds. The largest absolute Gasteiger partial charge is 0.299 e. The van der Waals surface area contributed by atoms with Crippen LogP contribution >= 0.6 is 11.6 Å². The fourth-order valence-corrected chi connectivity index (χ4v) is 5.59. The zero-order valence-electron chi connectivity index (χ0n) is 10.3. The molecule has 2 heteroatoms. The summed E-state index contributed by atoms with van der Waals surface area (Å²) >= 11 is 6.45. The van der Waals surface area contributed by atoms with Gasteiger partial charge in [0.25, 0.3) is 0 Å². The first-order valence-corrected chi connectivity index (χ1v) is 7.42. The van der Waals surface area contributed by atoms with Crippen molar-refractivity contribution >= 4 is 17.4 Å². The van der Waals surface area contributed by atoms with Gasteiger partial charge in [-0.3, -0.25) is 4.79 Å². The predicted octanol–water partition coefficient (Wildman–Crippen LogP) is 3.91. The molecule has 17 heavy (non-hydrogen) atoms. The van der Waals surface area contributed by atoms with Crippen LogP contribution in [0, 0.1) is 29.1 Å². The summed E-state index contributed by atoms with van der Waals surface area (Å²) in [6, 6.07) is 0. The van der Waals surface area contributed by atoms with Crippen LogP contribution in [0.4, 0.5) is 0 Å². The lowest BCUT2D eigenvalue weighted by Gasteiger charge is -2.53. The first kappa shape index (κ1) is 10.6. The van der Waals surface area contributed by atoms with Gasteiger partial charge in [-0.05, 0) is 56.3 Å². The van der Waals surface area contributed by atoms with E-state index in [1.165, 1.54) is 24.8 Å². The Morgan fingerprint density at radius 2 is 1.94 bits per heavy atom. The minimum Gasteiger partial charge on any atom is -0.299 e. The van der Waals surface area contributed by atoms with Crippen molar-refractivity contribution < 1.29 is 4.79 Å². The number of ketones is 1. The van der Waals surface area contributed by atoms with Crippen LogP contribution in [0.5, 0.6) is 0 Å². The number of hydrogen-bond donors (Lipinski definition) is 0. The van der Waals surface area contributed by atoms with E-state index >= 15 is 0 Å². The normalized spacial score (nSPS) is 46.4. The summed E-state index contributed by atoms with van der Waals surface area (Å²) in [5.41, 5.74) is 1.87. The molecular weight excluding hydrogens is 232 g/mol. The number of carbonyl (C=O) groups excluding carboxylic acids is 1. The third kappa shape index (κ3) is 1.15. The molecule has 3 fully saturated rings. The standard InChI is InChI=1S/C15H19ClO/c1-8-12(16)7-11-9-3-2-4-10(14(9)17)13(8)15(11)5-6-15/h9-11,13H,2-7H2,1H3. The highest BCUT2D eigenvalue weighted by atomic mass is 35.5. The molecule has 0 aromatic carbocycles. The highest BCUT2D eigenvalue weighted by Crippen LogP contribution is 2.72. The van der Waals surface area contributed by atoms with E-state index in [-0.39, 0.29) is 0 Å². The number of allylic oxidation sites excluding steroid dienone is 2. The first-order valence-electron chi connectivity index (χ1n) is 7.04. The molecule has 4 atom stereocenters. The van der Waals surface area contributed by atoms with Gasteiger partial charge in [-0.1, -0.05) is 23.6 Å². The van der Waals surface area contributed by atoms with Gasteiger partial charge in [-0.2, -0.15) is 0 Å². The summed E-state index contributed by atoms with van der Waals surface area (Å²) in [5.74, 6) is 2.37. The maximum atomic E-state index is 12.5. The first-order chi connectivity index (χ1) is 8.15. The van der Waals surface area contributed by atoms with Crippen molar-refractivity contribution in [1.29, 1.82) is 0 Å². The van der Waals surface area contributed by atoms with E-state index < -0.39 is 0 Å². The lowest BCUT2D eigenvalue weighted by atomic mass is 9.50. The third-order valence-electron chi connectivity index (χ3n) is 6.13. The number of halogens is 1. The Labute approximate surface area is 108 Å². The second-order valence-corrected chi connectivity index (χ2v) is 7.11. The van der Waals surface area contributed by atoms with Crippen LogP contribution in [0.2, 0.25) is 0 Å². The Hall–Kier alpha value is -0.300. The fraction of sp³-hybridized carbons (Fsp3) is 0.800. The van der Waals surface area contributed by atoms with Crippen molar-refractivity contribution in [2.24, 2.45) is 29.1 Å². The summed E-state index contributed by atoms with van der Waals surface area (Å²) in [6.45, 7) is 2.19. The molecule has 4 aliphatic rings. The Kier molecular flexibility index (Phi) is 1.98. The summed E-state index contributed by atoms with van der Waals surface area (Å²) in [4.78, 5) is 12.5. The number of fused-ring (bicyclic) bond motifs is 4. The molecule has 0 aromatic heterocycles. The molecule has 4 unspecified atom stereocenters. The van der Waals surface area contributed by atoms with Gasteiger partial charge < -0.3 is 0 Å². The molecule has 0 N–H and O–H groups in total. The number of carbonyl (C=O) groups is 1. The predicted molar refractivity (Wildman–Crippen MR) is 67.7 cm³/mol. The molecule has 0 heterocycles. The van der Waals surface area contributed by atoms with E-state index in [0.717, 1.165) is 24.3 Å². The van der Waals surface area contributed by atoms with E-state index in [9.17, 15) is 4.79 Å². The van der Waals surface area contributed by atoms with Crippen molar-refractivity contribution in [1.82, 2.24) is 0 Å². The smallest absolute Gasteiger partial charge is 0.139 e. The van der Waals surface area contributed by atoms with Gasteiger partial charge in [0.15, 0.2) is 0 Å². The van der Waals surface area contributed by atoms with E-state index in [2.05, 4.69) is 6.92 Å². The molecule has 92 valence electrons. The van der Waals surface area contributed by atoms with Crippen LogP contribution in [0.25, 0.3) is 0 Å². The van der Waals surface area contributed by atoms with E-state index in [4.69, 9.17) is 11.6 Å². The van der Waals surface area contributed by atoms with Gasteiger partial charge in [0, 0.05) is 16.9 Å². The van der Waals surface area contributed by atoms with Crippen LogP contribution in [0.15, 0.2) is 10.6 Å². The van der Waals surface area contributed by atoms with Crippen LogP contribution in [-0.2, 0) is 4.79 Å². The number of rotatable bonds is 0. The van der Waals surface area contributed by atoms with Gasteiger partial charge in [-0.15, -0.1) is 0 Å². The molecule has 0 aliphatic heterocycles. The second kappa shape index (κ2) is 3.17. The molecule has 0 aromatic rings. The fourth-order valence-electron chi connectivity index (χ4n) is 5.31. The Bertz CT molecular complexity index is 432. The Morgan fingerprint density at radius 1 is 1.24 bits per heavy atom.